The van der Waals surface area contributed by atoms with Gasteiger partial charge in [-0.3, -0.25) is 9.69 Å². The Morgan fingerprint density at radius 2 is 1.96 bits per heavy atom. The Morgan fingerprint density at radius 1 is 1.14 bits per heavy atom. The third-order valence-electron chi connectivity index (χ3n) is 6.06. The Kier molecular flexibility index (Phi) is 5.23. The molecule has 2 aromatic heterocycles. The number of piperidine rings is 1. The molecule has 8 nitrogen and oxygen atoms in total. The standard InChI is InChI=1S/C20H30N6O2/c1-13(2)18-17(14(3)28-23-18)20(27)25-10-8-16-21-22-19(26(16)12-11-25)15-7-5-6-9-24(15)4/h13,15H,5-12H2,1-4H3/t15-/m0/s1. The van der Waals surface area contributed by atoms with Crippen molar-refractivity contribution in [3.05, 3.63) is 28.7 Å². The van der Waals surface area contributed by atoms with E-state index in [9.17, 15) is 4.79 Å². The van der Waals surface area contributed by atoms with E-state index >= 15 is 0 Å². The fourth-order valence-electron chi connectivity index (χ4n) is 4.40. The summed E-state index contributed by atoms with van der Waals surface area (Å²) < 4.78 is 7.57. The van der Waals surface area contributed by atoms with Crippen LogP contribution >= 0.6 is 0 Å². The zero-order valence-electron chi connectivity index (χ0n) is 17.3. The van der Waals surface area contributed by atoms with Crippen molar-refractivity contribution in [3.8, 4) is 0 Å². The number of likely N-dealkylation sites (tertiary alicyclic amines) is 1. The Morgan fingerprint density at radius 3 is 2.71 bits per heavy atom. The summed E-state index contributed by atoms with van der Waals surface area (Å²) in [5.41, 5.74) is 1.37. The third-order valence-corrected chi connectivity index (χ3v) is 6.06. The minimum atomic E-state index is 0.0116. The van der Waals surface area contributed by atoms with E-state index < -0.39 is 0 Å². The number of rotatable bonds is 3. The molecule has 2 aromatic rings. The Labute approximate surface area is 165 Å². The smallest absolute Gasteiger partial charge is 0.259 e. The molecule has 152 valence electrons. The molecule has 0 saturated carbocycles. The van der Waals surface area contributed by atoms with Gasteiger partial charge in [0.1, 0.15) is 23.0 Å². The first-order valence-electron chi connectivity index (χ1n) is 10.3. The van der Waals surface area contributed by atoms with Crippen LogP contribution in [0.3, 0.4) is 0 Å². The van der Waals surface area contributed by atoms with Gasteiger partial charge in [-0.2, -0.15) is 0 Å². The number of carbonyl (C=O) groups is 1. The maximum Gasteiger partial charge on any atom is 0.259 e. The van der Waals surface area contributed by atoms with E-state index in [1.807, 2.05) is 25.7 Å². The molecule has 0 bridgehead atoms. The second-order valence-corrected chi connectivity index (χ2v) is 8.31. The van der Waals surface area contributed by atoms with Crippen LogP contribution in [0.15, 0.2) is 4.52 Å². The minimum absolute atomic E-state index is 0.0116. The van der Waals surface area contributed by atoms with E-state index in [0.717, 1.165) is 43.3 Å². The van der Waals surface area contributed by atoms with Gasteiger partial charge in [-0.15, -0.1) is 10.2 Å². The van der Waals surface area contributed by atoms with Crippen LogP contribution in [0.1, 0.15) is 78.5 Å². The lowest BCUT2D eigenvalue weighted by Crippen LogP contribution is -2.35. The highest BCUT2D eigenvalue weighted by molar-refractivity contribution is 5.96. The van der Waals surface area contributed by atoms with Gasteiger partial charge in [-0.1, -0.05) is 25.4 Å². The minimum Gasteiger partial charge on any atom is -0.361 e. The zero-order chi connectivity index (χ0) is 19.8. The lowest BCUT2D eigenvalue weighted by Gasteiger charge is -2.32. The summed E-state index contributed by atoms with van der Waals surface area (Å²) in [6, 6.07) is 0.324. The van der Waals surface area contributed by atoms with Crippen molar-refractivity contribution in [1.29, 1.82) is 0 Å². The van der Waals surface area contributed by atoms with Gasteiger partial charge in [0.15, 0.2) is 0 Å². The number of amides is 1. The molecule has 2 aliphatic rings. The predicted octanol–water partition coefficient (Wildman–Crippen LogP) is 2.55. The Hall–Kier alpha value is -2.22. The number of aromatic nitrogens is 4. The van der Waals surface area contributed by atoms with Crippen molar-refractivity contribution < 1.29 is 9.32 Å². The second-order valence-electron chi connectivity index (χ2n) is 8.31. The molecule has 0 aromatic carbocycles. The molecular formula is C20H30N6O2. The van der Waals surface area contributed by atoms with Gasteiger partial charge in [0.25, 0.3) is 5.91 Å². The molecule has 1 saturated heterocycles. The van der Waals surface area contributed by atoms with Crippen molar-refractivity contribution in [2.45, 2.75) is 65.0 Å². The van der Waals surface area contributed by atoms with Crippen LogP contribution in [0.4, 0.5) is 0 Å². The summed E-state index contributed by atoms with van der Waals surface area (Å²) in [5, 5.41) is 13.1. The number of aryl methyl sites for hydroxylation is 1. The lowest BCUT2D eigenvalue weighted by atomic mass is 10.0. The quantitative estimate of drug-likeness (QED) is 0.806. The molecule has 1 amide bonds. The maximum absolute atomic E-state index is 13.2. The van der Waals surface area contributed by atoms with Gasteiger partial charge in [0, 0.05) is 26.1 Å². The van der Waals surface area contributed by atoms with Gasteiger partial charge in [-0.25, -0.2) is 0 Å². The Balaban J connectivity index is 1.54. The average Bonchev–Trinajstić information content (AvgIpc) is 3.19. The van der Waals surface area contributed by atoms with Crippen LogP contribution in [0.25, 0.3) is 0 Å². The number of hydrogen-bond acceptors (Lipinski definition) is 6. The van der Waals surface area contributed by atoms with Crippen molar-refractivity contribution in [2.24, 2.45) is 0 Å². The molecule has 0 N–H and O–H groups in total. The number of nitrogens with zero attached hydrogens (tertiary/aromatic N) is 6. The molecule has 1 atom stereocenters. The highest BCUT2D eigenvalue weighted by Gasteiger charge is 2.31. The van der Waals surface area contributed by atoms with Crippen LogP contribution in [0.5, 0.6) is 0 Å². The highest BCUT2D eigenvalue weighted by atomic mass is 16.5. The molecule has 0 aliphatic carbocycles. The molecule has 2 aliphatic heterocycles. The van der Waals surface area contributed by atoms with Crippen LogP contribution in [-0.2, 0) is 13.0 Å². The molecule has 8 heteroatoms. The number of fused-ring (bicyclic) bond motifs is 1. The van der Waals surface area contributed by atoms with Crippen molar-refractivity contribution >= 4 is 5.91 Å². The molecule has 1 fully saturated rings. The largest absolute Gasteiger partial charge is 0.361 e. The van der Waals surface area contributed by atoms with Gasteiger partial charge in [0.05, 0.1) is 11.7 Å². The molecule has 0 spiro atoms. The summed E-state index contributed by atoms with van der Waals surface area (Å²) in [6.07, 6.45) is 4.31. The molecule has 0 unspecified atom stereocenters. The lowest BCUT2D eigenvalue weighted by molar-refractivity contribution is 0.0754. The van der Waals surface area contributed by atoms with Gasteiger partial charge in [0.2, 0.25) is 0 Å². The van der Waals surface area contributed by atoms with Crippen molar-refractivity contribution in [1.82, 2.24) is 29.7 Å². The van der Waals surface area contributed by atoms with E-state index in [0.29, 0.717) is 30.5 Å². The first-order chi connectivity index (χ1) is 13.5. The normalized spacial score (nSPS) is 21.0. The van der Waals surface area contributed by atoms with Crippen LogP contribution in [0, 0.1) is 6.92 Å². The fourth-order valence-corrected chi connectivity index (χ4v) is 4.40. The highest BCUT2D eigenvalue weighted by Crippen LogP contribution is 2.30. The first-order valence-corrected chi connectivity index (χ1v) is 10.3. The monoisotopic (exact) mass is 386 g/mol. The van der Waals surface area contributed by atoms with Crippen LogP contribution < -0.4 is 0 Å². The van der Waals surface area contributed by atoms with E-state index in [-0.39, 0.29) is 11.8 Å². The summed E-state index contributed by atoms with van der Waals surface area (Å²) in [6.45, 7) is 9.00. The summed E-state index contributed by atoms with van der Waals surface area (Å²) >= 11 is 0. The van der Waals surface area contributed by atoms with Gasteiger partial charge >= 0.3 is 0 Å². The summed E-state index contributed by atoms with van der Waals surface area (Å²) in [7, 11) is 2.17. The summed E-state index contributed by atoms with van der Waals surface area (Å²) in [4.78, 5) is 17.5. The number of carbonyl (C=O) groups excluding carboxylic acids is 1. The molecule has 28 heavy (non-hydrogen) atoms. The van der Waals surface area contributed by atoms with Crippen LogP contribution in [0.2, 0.25) is 0 Å². The van der Waals surface area contributed by atoms with E-state index in [4.69, 9.17) is 4.52 Å². The average molecular weight is 387 g/mol. The summed E-state index contributed by atoms with van der Waals surface area (Å²) in [5.74, 6) is 2.79. The second kappa shape index (κ2) is 7.66. The van der Waals surface area contributed by atoms with E-state index in [1.165, 1.54) is 12.8 Å². The molecule has 4 heterocycles. The van der Waals surface area contributed by atoms with E-state index in [2.05, 4.69) is 31.9 Å². The van der Waals surface area contributed by atoms with E-state index in [1.54, 1.807) is 0 Å². The maximum atomic E-state index is 13.2. The van der Waals surface area contributed by atoms with Crippen molar-refractivity contribution in [3.63, 3.8) is 0 Å². The zero-order valence-corrected chi connectivity index (χ0v) is 17.3. The number of hydrogen-bond donors (Lipinski definition) is 0. The molecule has 0 radical (unpaired) electrons. The van der Waals surface area contributed by atoms with Crippen LogP contribution in [-0.4, -0.2) is 62.3 Å². The third kappa shape index (κ3) is 3.34. The van der Waals surface area contributed by atoms with Crippen molar-refractivity contribution in [2.75, 3.05) is 26.7 Å². The van der Waals surface area contributed by atoms with Gasteiger partial charge in [-0.05, 0) is 39.3 Å². The Bertz CT molecular complexity index is 855. The topological polar surface area (TPSA) is 80.3 Å². The predicted molar refractivity (Wildman–Crippen MR) is 104 cm³/mol. The molecular weight excluding hydrogens is 356 g/mol. The molecule has 4 rings (SSSR count). The van der Waals surface area contributed by atoms with Gasteiger partial charge < -0.3 is 14.0 Å². The SMILES string of the molecule is Cc1onc(C(C)C)c1C(=O)N1CCc2nnc([C@@H]3CCCCN3C)n2CC1. The first kappa shape index (κ1) is 19.1. The fraction of sp³-hybridized carbons (Fsp3) is 0.700.